The fourth-order valence-corrected chi connectivity index (χ4v) is 7.76. The molecule has 4 heterocycles. The Hall–Kier alpha value is 0.270. The first-order chi connectivity index (χ1) is 10.9. The van der Waals surface area contributed by atoms with E-state index in [2.05, 4.69) is 34.4 Å². The molecule has 23 heavy (non-hydrogen) atoms. The van der Waals surface area contributed by atoms with E-state index in [0.29, 0.717) is 0 Å². The lowest BCUT2D eigenvalue weighted by molar-refractivity contribution is -0.597. The van der Waals surface area contributed by atoms with E-state index in [0.717, 1.165) is 57.8 Å². The lowest BCUT2D eigenvalue weighted by Crippen LogP contribution is -2.75. The minimum atomic E-state index is -0.889. The predicted molar refractivity (Wildman–Crippen MR) is 92.4 cm³/mol. The third-order valence-corrected chi connectivity index (χ3v) is 8.53. The second-order valence-electron chi connectivity index (χ2n) is 7.40. The fraction of sp³-hybridized carbons (Fsp3) is 1.00. The zero-order valence-corrected chi connectivity index (χ0v) is 16.3. The standard InChI is InChI=1S/C18H33O4P/c1-6-10-15-14-16(11-7-2)21-17(19-15,12-8-3)22-18(20-15,13-9-4)23(16)5/h6-14H2,1-5H3. The summed E-state index contributed by atoms with van der Waals surface area (Å²) < 4.78 is 26.2. The maximum atomic E-state index is 6.64. The highest BCUT2D eigenvalue weighted by atomic mass is 31.1. The summed E-state index contributed by atoms with van der Waals surface area (Å²) in [6, 6.07) is 0. The molecule has 4 nitrogen and oxygen atoms in total. The molecule has 5 unspecified atom stereocenters. The van der Waals surface area contributed by atoms with Crippen molar-refractivity contribution in [2.45, 2.75) is 108 Å². The van der Waals surface area contributed by atoms with Crippen molar-refractivity contribution in [1.82, 2.24) is 0 Å². The summed E-state index contributed by atoms with van der Waals surface area (Å²) in [6.07, 6.45) is 8.79. The van der Waals surface area contributed by atoms with Gasteiger partial charge in [-0.05, 0) is 27.4 Å². The molecule has 0 spiro atoms. The first-order valence-electron chi connectivity index (χ1n) is 9.48. The molecular formula is C18H33O4P. The van der Waals surface area contributed by atoms with Crippen LogP contribution in [0.2, 0.25) is 0 Å². The molecule has 0 saturated carbocycles. The van der Waals surface area contributed by atoms with Crippen LogP contribution in [0.1, 0.15) is 85.5 Å². The van der Waals surface area contributed by atoms with Gasteiger partial charge in [0.1, 0.15) is 5.34 Å². The van der Waals surface area contributed by atoms with Crippen LogP contribution >= 0.6 is 7.92 Å². The summed E-state index contributed by atoms with van der Waals surface area (Å²) in [7, 11) is -0.538. The Labute approximate surface area is 142 Å². The topological polar surface area (TPSA) is 36.9 Å². The summed E-state index contributed by atoms with van der Waals surface area (Å²) in [5, 5.41) is -0.113. The van der Waals surface area contributed by atoms with Crippen molar-refractivity contribution in [1.29, 1.82) is 0 Å². The molecule has 0 radical (unpaired) electrons. The molecule has 0 aliphatic carbocycles. The van der Waals surface area contributed by atoms with Gasteiger partial charge in [0.2, 0.25) is 0 Å². The van der Waals surface area contributed by atoms with Gasteiger partial charge in [0.25, 0.3) is 5.97 Å². The minimum absolute atomic E-state index is 0.113. The highest BCUT2D eigenvalue weighted by molar-refractivity contribution is 7.59. The molecule has 4 aliphatic heterocycles. The van der Waals surface area contributed by atoms with Crippen LogP contribution in [-0.4, -0.2) is 29.3 Å². The summed E-state index contributed by atoms with van der Waals surface area (Å²) >= 11 is 0. The Morgan fingerprint density at radius 2 is 1.39 bits per heavy atom. The maximum Gasteiger partial charge on any atom is 0.288 e. The third kappa shape index (κ3) is 2.69. The number of rotatable bonds is 8. The summed E-state index contributed by atoms with van der Waals surface area (Å²) in [6.45, 7) is 11.1. The largest absolute Gasteiger partial charge is 0.316 e. The Balaban J connectivity index is 2.06. The Morgan fingerprint density at radius 1 is 0.739 bits per heavy atom. The van der Waals surface area contributed by atoms with Crippen LogP contribution in [0, 0.1) is 0 Å². The Morgan fingerprint density at radius 3 is 2.00 bits per heavy atom. The van der Waals surface area contributed by atoms with Crippen LogP contribution in [0.5, 0.6) is 0 Å². The van der Waals surface area contributed by atoms with Gasteiger partial charge in [-0.3, -0.25) is 9.47 Å². The van der Waals surface area contributed by atoms with Crippen LogP contribution in [0.4, 0.5) is 0 Å². The van der Waals surface area contributed by atoms with E-state index in [1.165, 1.54) is 0 Å². The smallest absolute Gasteiger partial charge is 0.288 e. The monoisotopic (exact) mass is 344 g/mol. The molecule has 4 rings (SSSR count). The van der Waals surface area contributed by atoms with Crippen molar-refractivity contribution >= 4 is 7.92 Å². The first-order valence-corrected chi connectivity index (χ1v) is 11.3. The molecule has 4 saturated heterocycles. The van der Waals surface area contributed by atoms with Crippen molar-refractivity contribution in [2.24, 2.45) is 0 Å². The predicted octanol–water partition coefficient (Wildman–Crippen LogP) is 5.50. The highest BCUT2D eigenvalue weighted by Crippen LogP contribution is 2.77. The van der Waals surface area contributed by atoms with Gasteiger partial charge >= 0.3 is 0 Å². The van der Waals surface area contributed by atoms with Crippen LogP contribution in [-0.2, 0) is 18.9 Å². The van der Waals surface area contributed by atoms with Crippen molar-refractivity contribution < 1.29 is 18.9 Å². The van der Waals surface area contributed by atoms with Gasteiger partial charge in [-0.2, -0.15) is 0 Å². The van der Waals surface area contributed by atoms with Gasteiger partial charge in [-0.15, -0.1) is 0 Å². The van der Waals surface area contributed by atoms with Gasteiger partial charge in [-0.25, -0.2) is 0 Å². The van der Waals surface area contributed by atoms with E-state index in [9.17, 15) is 0 Å². The van der Waals surface area contributed by atoms with Gasteiger partial charge in [0.05, 0.1) is 0 Å². The summed E-state index contributed by atoms with van der Waals surface area (Å²) in [5.74, 6) is -1.40. The molecule has 4 fully saturated rings. The Kier molecular flexibility index (Phi) is 4.88. The minimum Gasteiger partial charge on any atom is -0.316 e. The van der Waals surface area contributed by atoms with E-state index in [1.807, 2.05) is 0 Å². The quantitative estimate of drug-likeness (QED) is 0.545. The molecule has 0 amide bonds. The molecule has 0 aromatic rings. The lowest BCUT2D eigenvalue weighted by Gasteiger charge is -2.71. The van der Waals surface area contributed by atoms with E-state index in [-0.39, 0.29) is 5.34 Å². The van der Waals surface area contributed by atoms with E-state index in [4.69, 9.17) is 18.9 Å². The average molecular weight is 344 g/mol. The molecule has 4 bridgehead atoms. The molecule has 0 aromatic carbocycles. The number of ether oxygens (including phenoxy) is 4. The van der Waals surface area contributed by atoms with Gasteiger partial charge < -0.3 is 9.47 Å². The molecule has 4 aliphatic rings. The fourth-order valence-electron chi connectivity index (χ4n) is 4.69. The van der Waals surface area contributed by atoms with E-state index in [1.54, 1.807) is 0 Å². The van der Waals surface area contributed by atoms with E-state index >= 15 is 0 Å². The zero-order chi connectivity index (χ0) is 16.8. The highest BCUT2D eigenvalue weighted by Gasteiger charge is 2.75. The normalized spacial score (nSPS) is 48.1. The van der Waals surface area contributed by atoms with Gasteiger partial charge in [0.15, 0.2) is 11.3 Å². The van der Waals surface area contributed by atoms with Gasteiger partial charge in [0, 0.05) is 25.7 Å². The Bertz CT molecular complexity index is 389. The van der Waals surface area contributed by atoms with Crippen molar-refractivity contribution in [3.05, 3.63) is 0 Å². The number of hydrogen-bond acceptors (Lipinski definition) is 4. The molecule has 5 atom stereocenters. The molecule has 0 N–H and O–H groups in total. The molecule has 134 valence electrons. The van der Waals surface area contributed by atoms with Crippen molar-refractivity contribution in [3.8, 4) is 0 Å². The average Bonchev–Trinajstić information content (AvgIpc) is 2.44. The lowest BCUT2D eigenvalue weighted by atomic mass is 9.95. The summed E-state index contributed by atoms with van der Waals surface area (Å²) in [5.41, 5.74) is -0.488. The van der Waals surface area contributed by atoms with E-state index < -0.39 is 25.2 Å². The molecule has 0 aromatic heterocycles. The second kappa shape index (κ2) is 6.21. The van der Waals surface area contributed by atoms with Crippen molar-refractivity contribution in [2.75, 3.05) is 6.66 Å². The van der Waals surface area contributed by atoms with Crippen LogP contribution < -0.4 is 0 Å². The van der Waals surface area contributed by atoms with Crippen LogP contribution in [0.15, 0.2) is 0 Å². The summed E-state index contributed by atoms with van der Waals surface area (Å²) in [4.78, 5) is 0. The molecular weight excluding hydrogens is 311 g/mol. The van der Waals surface area contributed by atoms with Crippen LogP contribution in [0.25, 0.3) is 0 Å². The zero-order valence-electron chi connectivity index (χ0n) is 15.4. The maximum absolute atomic E-state index is 6.64. The second-order valence-corrected chi connectivity index (χ2v) is 10.0. The van der Waals surface area contributed by atoms with Crippen molar-refractivity contribution in [3.63, 3.8) is 0 Å². The van der Waals surface area contributed by atoms with Crippen LogP contribution in [0.3, 0.4) is 0 Å². The number of hydrogen-bond donors (Lipinski definition) is 0. The SMILES string of the molecule is CCCC12CC3(CCC)OC(CCC)(O1)OC(CCC)(O2)P3C. The molecule has 5 heteroatoms. The van der Waals surface area contributed by atoms with Gasteiger partial charge in [-0.1, -0.05) is 47.0 Å². The third-order valence-electron chi connectivity index (χ3n) is 5.41. The first kappa shape index (κ1) is 18.1.